The zero-order valence-corrected chi connectivity index (χ0v) is 11.1. The summed E-state index contributed by atoms with van der Waals surface area (Å²) in [6, 6.07) is 0. The predicted octanol–water partition coefficient (Wildman–Crippen LogP) is 2.88. The first-order chi connectivity index (χ1) is 7.74. The van der Waals surface area contributed by atoms with E-state index in [9.17, 15) is 0 Å². The van der Waals surface area contributed by atoms with Crippen molar-refractivity contribution >= 4 is 11.3 Å². The van der Waals surface area contributed by atoms with Crippen LogP contribution in [0.3, 0.4) is 0 Å². The summed E-state index contributed by atoms with van der Waals surface area (Å²) in [6.07, 6.45) is 4.96. The Kier molecular flexibility index (Phi) is 4.36. The molecule has 0 spiro atoms. The highest BCUT2D eigenvalue weighted by atomic mass is 32.1. The molecule has 1 fully saturated rings. The maximum Gasteiger partial charge on any atom is 0.0928 e. The van der Waals surface area contributed by atoms with Crippen LogP contribution in [0.25, 0.3) is 0 Å². The number of hydrogen-bond donors (Lipinski definition) is 1. The van der Waals surface area contributed by atoms with Crippen molar-refractivity contribution in [3.63, 3.8) is 0 Å². The molecule has 1 N–H and O–H groups in total. The quantitative estimate of drug-likeness (QED) is 0.853. The lowest BCUT2D eigenvalue weighted by atomic mass is 10.0. The van der Waals surface area contributed by atoms with E-state index in [-0.39, 0.29) is 0 Å². The van der Waals surface area contributed by atoms with E-state index in [1.807, 2.05) is 11.3 Å². The van der Waals surface area contributed by atoms with Gasteiger partial charge in [0.15, 0.2) is 0 Å². The van der Waals surface area contributed by atoms with E-state index in [0.717, 1.165) is 12.3 Å². The van der Waals surface area contributed by atoms with Crippen LogP contribution in [0.4, 0.5) is 0 Å². The molecule has 16 heavy (non-hydrogen) atoms. The Labute approximate surface area is 102 Å². The summed E-state index contributed by atoms with van der Waals surface area (Å²) in [7, 11) is 0. The topological polar surface area (TPSA) is 24.9 Å². The maximum atomic E-state index is 4.71. The smallest absolute Gasteiger partial charge is 0.0928 e. The van der Waals surface area contributed by atoms with Gasteiger partial charge in [0.05, 0.1) is 10.7 Å². The van der Waals surface area contributed by atoms with E-state index in [1.165, 1.54) is 43.1 Å². The maximum absolute atomic E-state index is 4.71. The SMILES string of the molecule is CC(C)Cc1csc(CCC2CCNC2)n1. The van der Waals surface area contributed by atoms with Crippen LogP contribution in [0.5, 0.6) is 0 Å². The minimum atomic E-state index is 0.717. The van der Waals surface area contributed by atoms with Crippen LogP contribution in [0.1, 0.15) is 37.4 Å². The summed E-state index contributed by atoms with van der Waals surface area (Å²) in [5, 5.41) is 7.00. The number of aromatic nitrogens is 1. The third-order valence-corrected chi connectivity index (χ3v) is 4.10. The molecule has 2 nitrogen and oxygen atoms in total. The van der Waals surface area contributed by atoms with Gasteiger partial charge in [-0.2, -0.15) is 0 Å². The molecule has 1 aromatic rings. The van der Waals surface area contributed by atoms with Gasteiger partial charge in [-0.05, 0) is 50.6 Å². The number of thiazole rings is 1. The monoisotopic (exact) mass is 238 g/mol. The average Bonchev–Trinajstić information content (AvgIpc) is 2.84. The molecule has 1 unspecified atom stereocenters. The van der Waals surface area contributed by atoms with Crippen molar-refractivity contribution in [1.82, 2.24) is 10.3 Å². The Hall–Kier alpha value is -0.410. The largest absolute Gasteiger partial charge is 0.316 e. The van der Waals surface area contributed by atoms with E-state index in [0.29, 0.717) is 5.92 Å². The third-order valence-electron chi connectivity index (χ3n) is 3.15. The Morgan fingerprint density at radius 1 is 1.56 bits per heavy atom. The fourth-order valence-electron chi connectivity index (χ4n) is 2.26. The zero-order valence-electron chi connectivity index (χ0n) is 10.3. The molecule has 0 radical (unpaired) electrons. The van der Waals surface area contributed by atoms with Gasteiger partial charge in [0.2, 0.25) is 0 Å². The second-order valence-electron chi connectivity index (χ2n) is 5.23. The second kappa shape index (κ2) is 5.78. The Bertz CT molecular complexity index is 313. The van der Waals surface area contributed by atoms with Crippen LogP contribution >= 0.6 is 11.3 Å². The molecule has 90 valence electrons. The Morgan fingerprint density at radius 3 is 3.12 bits per heavy atom. The van der Waals surface area contributed by atoms with E-state index in [2.05, 4.69) is 24.5 Å². The lowest BCUT2D eigenvalue weighted by Crippen LogP contribution is -2.09. The summed E-state index contributed by atoms with van der Waals surface area (Å²) in [5.74, 6) is 1.60. The van der Waals surface area contributed by atoms with Gasteiger partial charge in [-0.3, -0.25) is 0 Å². The van der Waals surface area contributed by atoms with E-state index < -0.39 is 0 Å². The van der Waals surface area contributed by atoms with Crippen molar-refractivity contribution in [3.05, 3.63) is 16.1 Å². The molecule has 0 aromatic carbocycles. The van der Waals surface area contributed by atoms with Crippen molar-refractivity contribution in [2.45, 2.75) is 39.5 Å². The van der Waals surface area contributed by atoms with Gasteiger partial charge in [0, 0.05) is 5.38 Å². The fourth-order valence-corrected chi connectivity index (χ4v) is 3.09. The highest BCUT2D eigenvalue weighted by Crippen LogP contribution is 2.19. The fraction of sp³-hybridized carbons (Fsp3) is 0.769. The van der Waals surface area contributed by atoms with Crippen LogP contribution < -0.4 is 5.32 Å². The molecular formula is C13H22N2S. The van der Waals surface area contributed by atoms with Gasteiger partial charge in [0.1, 0.15) is 0 Å². The first-order valence-electron chi connectivity index (χ1n) is 6.38. The van der Waals surface area contributed by atoms with Gasteiger partial charge in [-0.25, -0.2) is 4.98 Å². The summed E-state index contributed by atoms with van der Waals surface area (Å²) in [4.78, 5) is 4.71. The molecule has 1 atom stereocenters. The summed E-state index contributed by atoms with van der Waals surface area (Å²) < 4.78 is 0. The minimum absolute atomic E-state index is 0.717. The van der Waals surface area contributed by atoms with Gasteiger partial charge in [-0.1, -0.05) is 13.8 Å². The molecule has 0 amide bonds. The first-order valence-corrected chi connectivity index (χ1v) is 7.26. The van der Waals surface area contributed by atoms with Crippen molar-refractivity contribution in [1.29, 1.82) is 0 Å². The Morgan fingerprint density at radius 2 is 2.44 bits per heavy atom. The van der Waals surface area contributed by atoms with E-state index >= 15 is 0 Å². The van der Waals surface area contributed by atoms with Crippen LogP contribution in [-0.2, 0) is 12.8 Å². The third kappa shape index (κ3) is 3.56. The molecule has 0 bridgehead atoms. The van der Waals surface area contributed by atoms with Crippen LogP contribution in [0, 0.1) is 11.8 Å². The molecule has 0 aliphatic carbocycles. The highest BCUT2D eigenvalue weighted by molar-refractivity contribution is 7.09. The van der Waals surface area contributed by atoms with Crippen LogP contribution in [0.15, 0.2) is 5.38 Å². The van der Waals surface area contributed by atoms with Gasteiger partial charge in [0.25, 0.3) is 0 Å². The molecule has 0 saturated carbocycles. The zero-order chi connectivity index (χ0) is 11.4. The van der Waals surface area contributed by atoms with E-state index in [4.69, 9.17) is 4.98 Å². The lowest BCUT2D eigenvalue weighted by molar-refractivity contribution is 0.531. The second-order valence-corrected chi connectivity index (χ2v) is 6.17. The van der Waals surface area contributed by atoms with Gasteiger partial charge < -0.3 is 5.32 Å². The van der Waals surface area contributed by atoms with Gasteiger partial charge >= 0.3 is 0 Å². The standard InChI is InChI=1S/C13H22N2S/c1-10(2)7-12-9-16-13(15-12)4-3-11-5-6-14-8-11/h9-11,14H,3-8H2,1-2H3. The molecule has 2 heterocycles. The van der Waals surface area contributed by atoms with Crippen molar-refractivity contribution in [3.8, 4) is 0 Å². The first kappa shape index (κ1) is 12.1. The van der Waals surface area contributed by atoms with Crippen molar-refractivity contribution in [2.75, 3.05) is 13.1 Å². The number of nitrogens with one attached hydrogen (secondary N) is 1. The molecule has 3 heteroatoms. The van der Waals surface area contributed by atoms with Crippen molar-refractivity contribution in [2.24, 2.45) is 11.8 Å². The van der Waals surface area contributed by atoms with Crippen molar-refractivity contribution < 1.29 is 0 Å². The van der Waals surface area contributed by atoms with Crippen LogP contribution in [0.2, 0.25) is 0 Å². The Balaban J connectivity index is 1.78. The average molecular weight is 238 g/mol. The summed E-state index contributed by atoms with van der Waals surface area (Å²) >= 11 is 1.84. The molecule has 1 saturated heterocycles. The number of rotatable bonds is 5. The molecule has 1 aromatic heterocycles. The molecule has 2 rings (SSSR count). The molecular weight excluding hydrogens is 216 g/mol. The molecule has 1 aliphatic heterocycles. The summed E-state index contributed by atoms with van der Waals surface area (Å²) in [5.41, 5.74) is 1.29. The number of hydrogen-bond acceptors (Lipinski definition) is 3. The van der Waals surface area contributed by atoms with E-state index in [1.54, 1.807) is 0 Å². The molecule has 1 aliphatic rings. The van der Waals surface area contributed by atoms with Gasteiger partial charge in [-0.15, -0.1) is 11.3 Å². The lowest BCUT2D eigenvalue weighted by Gasteiger charge is -2.05. The number of aryl methyl sites for hydroxylation is 1. The highest BCUT2D eigenvalue weighted by Gasteiger charge is 2.14. The normalized spacial score (nSPS) is 20.8. The summed E-state index contributed by atoms with van der Waals surface area (Å²) in [6.45, 7) is 6.93. The van der Waals surface area contributed by atoms with Crippen LogP contribution in [-0.4, -0.2) is 18.1 Å². The minimum Gasteiger partial charge on any atom is -0.316 e. The number of nitrogens with zero attached hydrogens (tertiary/aromatic N) is 1. The predicted molar refractivity (Wildman–Crippen MR) is 70.0 cm³/mol.